The molecule has 1 aliphatic rings. The highest BCUT2D eigenvalue weighted by Gasteiger charge is 2.17. The summed E-state index contributed by atoms with van der Waals surface area (Å²) in [5.41, 5.74) is 2.55. The molecule has 2 N–H and O–H groups in total. The van der Waals surface area contributed by atoms with Gasteiger partial charge in [-0.05, 0) is 11.6 Å². The first kappa shape index (κ1) is 8.16. The molecule has 0 atom stereocenters. The van der Waals surface area contributed by atoms with E-state index in [0.29, 0.717) is 17.8 Å². The van der Waals surface area contributed by atoms with Gasteiger partial charge in [-0.15, -0.1) is 0 Å². The van der Waals surface area contributed by atoms with E-state index in [9.17, 15) is 4.79 Å². The minimum Gasteiger partial charge on any atom is -0.339 e. The van der Waals surface area contributed by atoms with Gasteiger partial charge >= 0.3 is 0 Å². The molecule has 0 radical (unpaired) electrons. The van der Waals surface area contributed by atoms with Crippen molar-refractivity contribution in [2.75, 3.05) is 5.32 Å². The van der Waals surface area contributed by atoms with E-state index >= 15 is 0 Å². The third-order valence-electron chi connectivity index (χ3n) is 2.47. The van der Waals surface area contributed by atoms with Gasteiger partial charge in [0.25, 0.3) is 5.56 Å². The molecule has 5 nitrogen and oxygen atoms in total. The van der Waals surface area contributed by atoms with Crippen molar-refractivity contribution >= 4 is 11.5 Å². The molecule has 0 saturated heterocycles. The largest absolute Gasteiger partial charge is 0.339 e. The number of nitrogens with zero attached hydrogens (tertiary/aromatic N) is 2. The Kier molecular flexibility index (Phi) is 1.58. The average molecular weight is 200 g/mol. The summed E-state index contributed by atoms with van der Waals surface area (Å²) in [6.07, 6.45) is 5.46. The molecule has 2 aromatic heterocycles. The molecule has 0 fully saturated rings. The van der Waals surface area contributed by atoms with Crippen molar-refractivity contribution in [3.05, 3.63) is 46.3 Å². The number of nitrogens with one attached hydrogen (secondary N) is 2. The van der Waals surface area contributed by atoms with E-state index in [4.69, 9.17) is 0 Å². The van der Waals surface area contributed by atoms with Gasteiger partial charge in [-0.1, -0.05) is 0 Å². The number of aromatic nitrogens is 3. The fourth-order valence-corrected chi connectivity index (χ4v) is 1.71. The van der Waals surface area contributed by atoms with Gasteiger partial charge in [0.2, 0.25) is 0 Å². The maximum atomic E-state index is 11.5. The molecule has 2 aromatic rings. The zero-order valence-electron chi connectivity index (χ0n) is 7.82. The normalized spacial score (nSPS) is 12.5. The van der Waals surface area contributed by atoms with Crippen LogP contribution in [0.2, 0.25) is 0 Å². The van der Waals surface area contributed by atoms with Gasteiger partial charge in [-0.25, -0.2) is 4.98 Å². The van der Waals surface area contributed by atoms with E-state index in [2.05, 4.69) is 20.3 Å². The number of hydrogen-bond donors (Lipinski definition) is 2. The summed E-state index contributed by atoms with van der Waals surface area (Å²) >= 11 is 0. The Balaban J connectivity index is 2.19. The zero-order chi connectivity index (χ0) is 10.3. The van der Waals surface area contributed by atoms with Crippen molar-refractivity contribution in [1.82, 2.24) is 15.0 Å². The second-order valence-electron chi connectivity index (χ2n) is 3.39. The summed E-state index contributed by atoms with van der Waals surface area (Å²) < 4.78 is 0. The molecule has 0 saturated carbocycles. The minimum absolute atomic E-state index is 0.0954. The number of fused-ring (bicyclic) bond motifs is 2. The average Bonchev–Trinajstić information content (AvgIpc) is 2.27. The van der Waals surface area contributed by atoms with E-state index in [1.165, 1.54) is 6.33 Å². The van der Waals surface area contributed by atoms with Crippen LogP contribution in [0.1, 0.15) is 11.1 Å². The Morgan fingerprint density at radius 2 is 2.33 bits per heavy atom. The Labute approximate surface area is 85.2 Å². The molecular formula is C10H8N4O. The number of pyridine rings is 1. The summed E-state index contributed by atoms with van der Waals surface area (Å²) in [5, 5.41) is 3.11. The highest BCUT2D eigenvalue weighted by atomic mass is 16.1. The van der Waals surface area contributed by atoms with Crippen LogP contribution in [0, 0.1) is 0 Å². The van der Waals surface area contributed by atoms with Crippen molar-refractivity contribution in [1.29, 1.82) is 0 Å². The predicted molar refractivity (Wildman–Crippen MR) is 55.2 cm³/mol. The van der Waals surface area contributed by atoms with E-state index in [-0.39, 0.29) is 5.56 Å². The van der Waals surface area contributed by atoms with Crippen LogP contribution < -0.4 is 10.9 Å². The molecule has 3 heterocycles. The zero-order valence-corrected chi connectivity index (χ0v) is 7.82. The lowest BCUT2D eigenvalue weighted by molar-refractivity contribution is 1.00. The van der Waals surface area contributed by atoms with E-state index < -0.39 is 0 Å². The second-order valence-corrected chi connectivity index (χ2v) is 3.39. The van der Waals surface area contributed by atoms with Gasteiger partial charge in [-0.3, -0.25) is 9.78 Å². The van der Waals surface area contributed by atoms with Crippen molar-refractivity contribution in [2.24, 2.45) is 0 Å². The summed E-state index contributed by atoms with van der Waals surface area (Å²) in [7, 11) is 0. The monoisotopic (exact) mass is 200 g/mol. The Morgan fingerprint density at radius 3 is 3.27 bits per heavy atom. The molecule has 0 spiro atoms. The summed E-state index contributed by atoms with van der Waals surface area (Å²) in [5.74, 6) is 0.637. The second kappa shape index (κ2) is 2.91. The van der Waals surface area contributed by atoms with Crippen molar-refractivity contribution in [3.63, 3.8) is 0 Å². The molecule has 0 unspecified atom stereocenters. The maximum Gasteiger partial charge on any atom is 0.256 e. The Bertz CT molecular complexity index is 576. The molecule has 15 heavy (non-hydrogen) atoms. The Hall–Kier alpha value is -2.17. The summed E-state index contributed by atoms with van der Waals surface area (Å²) in [4.78, 5) is 22.2. The smallest absolute Gasteiger partial charge is 0.256 e. The number of hydrogen-bond acceptors (Lipinski definition) is 4. The molecule has 3 rings (SSSR count). The van der Waals surface area contributed by atoms with Crippen LogP contribution in [0.5, 0.6) is 0 Å². The predicted octanol–water partition coefficient (Wildman–Crippen LogP) is 0.813. The molecular weight excluding hydrogens is 192 g/mol. The van der Waals surface area contributed by atoms with Crippen LogP contribution in [-0.4, -0.2) is 15.0 Å². The molecule has 1 aliphatic heterocycles. The van der Waals surface area contributed by atoms with E-state index in [1.54, 1.807) is 12.4 Å². The third kappa shape index (κ3) is 1.20. The van der Waals surface area contributed by atoms with Gasteiger partial charge in [-0.2, -0.15) is 0 Å². The molecule has 5 heteroatoms. The van der Waals surface area contributed by atoms with E-state index in [0.717, 1.165) is 11.3 Å². The summed E-state index contributed by atoms with van der Waals surface area (Å²) in [6, 6.07) is 1.88. The summed E-state index contributed by atoms with van der Waals surface area (Å²) in [6.45, 7) is 0. The van der Waals surface area contributed by atoms with Gasteiger partial charge in [0.05, 0.1) is 11.9 Å². The fraction of sp³-hybridized carbons (Fsp3) is 0.100. The highest BCUT2D eigenvalue weighted by Crippen LogP contribution is 2.27. The lowest BCUT2D eigenvalue weighted by Crippen LogP contribution is -2.20. The molecule has 0 bridgehead atoms. The van der Waals surface area contributed by atoms with Crippen LogP contribution in [-0.2, 0) is 6.42 Å². The number of aromatic amines is 1. The lowest BCUT2D eigenvalue weighted by Gasteiger charge is -2.18. The van der Waals surface area contributed by atoms with E-state index in [1.807, 2.05) is 6.07 Å². The van der Waals surface area contributed by atoms with Gasteiger partial charge in [0.1, 0.15) is 5.82 Å². The van der Waals surface area contributed by atoms with Crippen LogP contribution >= 0.6 is 0 Å². The van der Waals surface area contributed by atoms with Crippen molar-refractivity contribution < 1.29 is 0 Å². The van der Waals surface area contributed by atoms with Crippen LogP contribution in [0.3, 0.4) is 0 Å². The van der Waals surface area contributed by atoms with Crippen LogP contribution in [0.25, 0.3) is 0 Å². The molecule has 0 amide bonds. The van der Waals surface area contributed by atoms with Gasteiger partial charge < -0.3 is 10.3 Å². The number of H-pyrrole nitrogens is 1. The third-order valence-corrected chi connectivity index (χ3v) is 2.47. The van der Waals surface area contributed by atoms with Crippen molar-refractivity contribution in [2.45, 2.75) is 6.42 Å². The fourth-order valence-electron chi connectivity index (χ4n) is 1.71. The van der Waals surface area contributed by atoms with Crippen LogP contribution in [0.15, 0.2) is 29.6 Å². The van der Waals surface area contributed by atoms with Gasteiger partial charge in [0.15, 0.2) is 0 Å². The highest BCUT2D eigenvalue weighted by molar-refractivity contribution is 5.67. The number of anilines is 2. The quantitative estimate of drug-likeness (QED) is 0.563. The first-order chi connectivity index (χ1) is 7.34. The minimum atomic E-state index is -0.0954. The first-order valence-electron chi connectivity index (χ1n) is 4.61. The first-order valence-corrected chi connectivity index (χ1v) is 4.61. The molecule has 74 valence electrons. The molecule has 0 aliphatic carbocycles. The molecule has 0 aromatic carbocycles. The Morgan fingerprint density at radius 1 is 1.40 bits per heavy atom. The number of rotatable bonds is 0. The SMILES string of the molecule is O=c1[nH]cnc2c1Cc1cnccc1N2. The topological polar surface area (TPSA) is 70.7 Å². The maximum absolute atomic E-state index is 11.5. The van der Waals surface area contributed by atoms with Gasteiger partial charge in [0, 0.05) is 24.5 Å². The van der Waals surface area contributed by atoms with Crippen molar-refractivity contribution in [3.8, 4) is 0 Å². The standard InChI is InChI=1S/C10H8N4O/c15-10-7-3-6-4-11-2-1-8(6)14-9(7)12-5-13-10/h1-2,4-5H,3H2,(H2,12,13,14,15). The lowest BCUT2D eigenvalue weighted by atomic mass is 10.0. The van der Waals surface area contributed by atoms with Crippen LogP contribution in [0.4, 0.5) is 11.5 Å².